The van der Waals surface area contributed by atoms with Gasteiger partial charge in [0, 0.05) is 12.5 Å². The van der Waals surface area contributed by atoms with Crippen molar-refractivity contribution in [2.24, 2.45) is 0 Å². The number of carbonyl (C=O) groups is 1. The molecule has 0 saturated heterocycles. The van der Waals surface area contributed by atoms with Crippen molar-refractivity contribution in [1.29, 1.82) is 5.26 Å². The molecule has 0 aliphatic rings. The lowest BCUT2D eigenvalue weighted by atomic mass is 10.2. The van der Waals surface area contributed by atoms with Gasteiger partial charge < -0.3 is 4.74 Å². The van der Waals surface area contributed by atoms with Crippen LogP contribution in [0.15, 0.2) is 12.1 Å². The average Bonchev–Trinajstić information content (AvgIpc) is 2.29. The van der Waals surface area contributed by atoms with Gasteiger partial charge in [-0.1, -0.05) is 0 Å². The van der Waals surface area contributed by atoms with E-state index in [9.17, 15) is 14.9 Å². The maximum absolute atomic E-state index is 10.9. The van der Waals surface area contributed by atoms with E-state index in [0.29, 0.717) is 3.57 Å². The SMILES string of the molecule is CC(=O)CCOc1c(I)cc(C#N)cc1[N+](=O)[O-]. The fraction of sp³-hybridized carbons (Fsp3) is 0.273. The molecule has 0 fully saturated rings. The summed E-state index contributed by atoms with van der Waals surface area (Å²) < 4.78 is 5.73. The standard InChI is InChI=1S/C11H9IN2O4/c1-7(15)2-3-18-11-9(12)4-8(6-13)5-10(11)14(16)17/h4-5H,2-3H2,1H3. The van der Waals surface area contributed by atoms with Crippen LogP contribution >= 0.6 is 22.6 Å². The van der Waals surface area contributed by atoms with E-state index in [4.69, 9.17) is 10.00 Å². The number of nitro benzene ring substituents is 1. The third-order valence-electron chi connectivity index (χ3n) is 2.05. The molecule has 0 saturated carbocycles. The van der Waals surface area contributed by atoms with Crippen molar-refractivity contribution >= 4 is 34.1 Å². The highest BCUT2D eigenvalue weighted by Crippen LogP contribution is 2.33. The minimum absolute atomic E-state index is 0.0543. The van der Waals surface area contributed by atoms with Crippen LogP contribution in [0.5, 0.6) is 5.75 Å². The number of halogens is 1. The predicted octanol–water partition coefficient (Wildman–Crippen LogP) is 2.43. The van der Waals surface area contributed by atoms with E-state index in [1.165, 1.54) is 13.0 Å². The topological polar surface area (TPSA) is 93.2 Å². The highest BCUT2D eigenvalue weighted by atomic mass is 127. The van der Waals surface area contributed by atoms with Crippen LogP contribution in [0.3, 0.4) is 0 Å². The number of benzene rings is 1. The first kappa shape index (κ1) is 14.4. The highest BCUT2D eigenvalue weighted by Gasteiger charge is 2.20. The predicted molar refractivity (Wildman–Crippen MR) is 71.3 cm³/mol. The van der Waals surface area contributed by atoms with Crippen LogP contribution in [-0.4, -0.2) is 17.3 Å². The number of nitriles is 1. The van der Waals surface area contributed by atoms with Crippen molar-refractivity contribution in [2.45, 2.75) is 13.3 Å². The van der Waals surface area contributed by atoms with Gasteiger partial charge in [0.05, 0.1) is 26.7 Å². The first-order chi connectivity index (χ1) is 8.45. The van der Waals surface area contributed by atoms with Gasteiger partial charge in [0.1, 0.15) is 5.78 Å². The van der Waals surface area contributed by atoms with Gasteiger partial charge in [0.2, 0.25) is 5.75 Å². The van der Waals surface area contributed by atoms with Crippen LogP contribution in [-0.2, 0) is 4.79 Å². The van der Waals surface area contributed by atoms with E-state index in [1.807, 2.05) is 28.7 Å². The zero-order valence-electron chi connectivity index (χ0n) is 9.47. The molecule has 0 radical (unpaired) electrons. The molecule has 0 bridgehead atoms. The van der Waals surface area contributed by atoms with E-state index < -0.39 is 4.92 Å². The number of rotatable bonds is 5. The van der Waals surface area contributed by atoms with Crippen molar-refractivity contribution in [3.8, 4) is 11.8 Å². The third kappa shape index (κ3) is 3.66. The minimum atomic E-state index is -0.605. The minimum Gasteiger partial charge on any atom is -0.486 e. The molecule has 0 aliphatic heterocycles. The highest BCUT2D eigenvalue weighted by molar-refractivity contribution is 14.1. The molecule has 0 heterocycles. The second-order valence-corrected chi connectivity index (χ2v) is 4.64. The van der Waals surface area contributed by atoms with Gasteiger partial charge in [-0.2, -0.15) is 5.26 Å². The molecule has 1 rings (SSSR count). The zero-order chi connectivity index (χ0) is 13.7. The van der Waals surface area contributed by atoms with Crippen LogP contribution in [0.2, 0.25) is 0 Å². The van der Waals surface area contributed by atoms with Crippen molar-refractivity contribution in [2.75, 3.05) is 6.61 Å². The fourth-order valence-corrected chi connectivity index (χ4v) is 1.99. The Hall–Kier alpha value is -1.69. The molecule has 0 amide bonds. The van der Waals surface area contributed by atoms with Gasteiger partial charge in [-0.25, -0.2) is 0 Å². The quantitative estimate of drug-likeness (QED) is 0.457. The Morgan fingerprint density at radius 3 is 2.78 bits per heavy atom. The first-order valence-electron chi connectivity index (χ1n) is 4.96. The molecule has 0 aromatic heterocycles. The molecule has 0 atom stereocenters. The average molecular weight is 360 g/mol. The summed E-state index contributed by atoms with van der Waals surface area (Å²) in [6.07, 6.45) is 0.188. The van der Waals surface area contributed by atoms with Gasteiger partial charge in [0.15, 0.2) is 0 Å². The van der Waals surface area contributed by atoms with E-state index in [2.05, 4.69) is 0 Å². The first-order valence-corrected chi connectivity index (χ1v) is 6.04. The lowest BCUT2D eigenvalue weighted by Gasteiger charge is -2.08. The summed E-state index contributed by atoms with van der Waals surface area (Å²) in [7, 11) is 0. The molecule has 0 spiro atoms. The Kier molecular flexibility index (Phi) is 5.03. The Balaban J connectivity index is 3.06. The van der Waals surface area contributed by atoms with E-state index >= 15 is 0 Å². The summed E-state index contributed by atoms with van der Waals surface area (Å²) >= 11 is 1.86. The lowest BCUT2D eigenvalue weighted by Crippen LogP contribution is -2.06. The Bertz CT molecular complexity index is 537. The molecule has 0 aliphatic carbocycles. The number of hydrogen-bond donors (Lipinski definition) is 0. The summed E-state index contributed by atoms with van der Waals surface area (Å²) in [5.74, 6) is 0.0437. The maximum atomic E-state index is 10.9. The van der Waals surface area contributed by atoms with E-state index in [1.54, 1.807) is 0 Å². The number of nitrogens with zero attached hydrogens (tertiary/aromatic N) is 2. The van der Waals surface area contributed by atoms with Crippen LogP contribution in [0.25, 0.3) is 0 Å². The lowest BCUT2D eigenvalue weighted by molar-refractivity contribution is -0.386. The van der Waals surface area contributed by atoms with Gasteiger partial charge in [0.25, 0.3) is 0 Å². The summed E-state index contributed by atoms with van der Waals surface area (Å²) in [6, 6.07) is 4.50. The molecule has 6 nitrogen and oxygen atoms in total. The van der Waals surface area contributed by atoms with Crippen molar-refractivity contribution < 1.29 is 14.5 Å². The van der Waals surface area contributed by atoms with Crippen LogP contribution in [0, 0.1) is 25.0 Å². The third-order valence-corrected chi connectivity index (χ3v) is 2.85. The number of Topliss-reactive ketones (excluding diaryl/α,β-unsaturated/α-hetero) is 1. The number of carbonyl (C=O) groups excluding carboxylic acids is 1. The van der Waals surface area contributed by atoms with Crippen molar-refractivity contribution in [3.05, 3.63) is 31.4 Å². The molecule has 7 heteroatoms. The Labute approximate surface area is 117 Å². The zero-order valence-corrected chi connectivity index (χ0v) is 11.6. The molecular formula is C11H9IN2O4. The van der Waals surface area contributed by atoms with Gasteiger partial charge in [-0.15, -0.1) is 0 Å². The molecule has 0 N–H and O–H groups in total. The Morgan fingerprint density at radius 1 is 1.61 bits per heavy atom. The van der Waals surface area contributed by atoms with Crippen LogP contribution < -0.4 is 4.74 Å². The normalized spacial score (nSPS) is 9.61. The maximum Gasteiger partial charge on any atom is 0.313 e. The second-order valence-electron chi connectivity index (χ2n) is 3.48. The largest absolute Gasteiger partial charge is 0.486 e. The van der Waals surface area contributed by atoms with Gasteiger partial charge >= 0.3 is 5.69 Å². The molecule has 94 valence electrons. The molecule has 1 aromatic rings. The van der Waals surface area contributed by atoms with E-state index in [-0.39, 0.29) is 35.8 Å². The van der Waals surface area contributed by atoms with E-state index in [0.717, 1.165) is 6.07 Å². The fourth-order valence-electron chi connectivity index (χ4n) is 1.22. The van der Waals surface area contributed by atoms with Crippen LogP contribution in [0.1, 0.15) is 18.9 Å². The Morgan fingerprint density at radius 2 is 2.28 bits per heavy atom. The molecular weight excluding hydrogens is 351 g/mol. The second kappa shape index (κ2) is 6.30. The number of ether oxygens (including phenoxy) is 1. The van der Waals surface area contributed by atoms with Crippen molar-refractivity contribution in [3.63, 3.8) is 0 Å². The number of nitro groups is 1. The summed E-state index contributed by atoms with van der Waals surface area (Å²) in [4.78, 5) is 21.1. The number of ketones is 1. The monoisotopic (exact) mass is 360 g/mol. The number of hydrogen-bond acceptors (Lipinski definition) is 5. The van der Waals surface area contributed by atoms with Gasteiger partial charge in [-0.3, -0.25) is 14.9 Å². The van der Waals surface area contributed by atoms with Crippen LogP contribution in [0.4, 0.5) is 5.69 Å². The molecule has 1 aromatic carbocycles. The summed E-state index contributed by atoms with van der Waals surface area (Å²) in [5, 5.41) is 19.6. The molecule has 18 heavy (non-hydrogen) atoms. The van der Waals surface area contributed by atoms with Crippen molar-refractivity contribution in [1.82, 2.24) is 0 Å². The molecule has 0 unspecified atom stereocenters. The summed E-state index contributed by atoms with van der Waals surface area (Å²) in [6.45, 7) is 1.50. The van der Waals surface area contributed by atoms with Gasteiger partial charge in [-0.05, 0) is 35.6 Å². The smallest absolute Gasteiger partial charge is 0.313 e. The summed E-state index contributed by atoms with van der Waals surface area (Å²) in [5.41, 5.74) is -0.0629.